The van der Waals surface area contributed by atoms with E-state index in [0.29, 0.717) is 16.8 Å². The van der Waals surface area contributed by atoms with Crippen LogP contribution >= 0.6 is 11.8 Å². The van der Waals surface area contributed by atoms with Crippen LogP contribution in [0.4, 0.5) is 13.2 Å². The minimum Gasteiger partial charge on any atom is -0.310 e. The Balaban J connectivity index is 1.83. The fourth-order valence-electron chi connectivity index (χ4n) is 2.60. The molecule has 27 heavy (non-hydrogen) atoms. The van der Waals surface area contributed by atoms with Gasteiger partial charge in [0.2, 0.25) is 0 Å². The quantitative estimate of drug-likeness (QED) is 0.418. The van der Waals surface area contributed by atoms with Crippen molar-refractivity contribution in [2.24, 2.45) is 0 Å². The third-order valence-corrected chi connectivity index (χ3v) is 4.92. The second kappa shape index (κ2) is 8.00. The number of imidazole rings is 1. The van der Waals surface area contributed by atoms with E-state index in [1.54, 1.807) is 42.5 Å². The molecule has 0 atom stereocenters. The van der Waals surface area contributed by atoms with E-state index in [-0.39, 0.29) is 16.7 Å². The summed E-state index contributed by atoms with van der Waals surface area (Å²) in [5.74, 6) is -0.130. The second-order valence-electron chi connectivity index (χ2n) is 6.07. The molecular formula is C20H17F3N2OS. The van der Waals surface area contributed by atoms with Crippen molar-refractivity contribution in [3.05, 3.63) is 71.9 Å². The molecule has 3 aromatic rings. The number of aromatic nitrogens is 2. The molecule has 3 rings (SSSR count). The lowest BCUT2D eigenvalue weighted by Gasteiger charge is -2.14. The molecule has 0 aliphatic heterocycles. The lowest BCUT2D eigenvalue weighted by Crippen LogP contribution is -2.19. The Bertz CT molecular complexity index is 919. The SMILES string of the molecule is Cc1ccc(C(=O)CSc2ncc(-c3ccccc3)n2CC(F)(F)F)cc1. The smallest absolute Gasteiger partial charge is 0.310 e. The maximum Gasteiger partial charge on any atom is 0.406 e. The number of carbonyl (C=O) groups excluding carboxylic acids is 1. The van der Waals surface area contributed by atoms with E-state index < -0.39 is 12.7 Å². The van der Waals surface area contributed by atoms with Gasteiger partial charge in [-0.1, -0.05) is 71.9 Å². The first-order chi connectivity index (χ1) is 12.8. The first kappa shape index (κ1) is 19.2. The summed E-state index contributed by atoms with van der Waals surface area (Å²) in [5.41, 5.74) is 2.59. The first-order valence-corrected chi connectivity index (χ1v) is 9.22. The zero-order valence-corrected chi connectivity index (χ0v) is 15.3. The Morgan fingerprint density at radius 2 is 1.74 bits per heavy atom. The topological polar surface area (TPSA) is 34.9 Å². The van der Waals surface area contributed by atoms with Crippen LogP contribution in [0.5, 0.6) is 0 Å². The van der Waals surface area contributed by atoms with Crippen LogP contribution in [0.3, 0.4) is 0 Å². The lowest BCUT2D eigenvalue weighted by molar-refractivity contribution is -0.141. The van der Waals surface area contributed by atoms with Gasteiger partial charge in [0.25, 0.3) is 0 Å². The van der Waals surface area contributed by atoms with Gasteiger partial charge in [0.15, 0.2) is 10.9 Å². The molecule has 0 fully saturated rings. The Hall–Kier alpha value is -2.54. The highest BCUT2D eigenvalue weighted by Gasteiger charge is 2.31. The molecule has 0 aliphatic carbocycles. The van der Waals surface area contributed by atoms with E-state index in [0.717, 1.165) is 21.9 Å². The lowest BCUT2D eigenvalue weighted by atomic mass is 10.1. The highest BCUT2D eigenvalue weighted by molar-refractivity contribution is 7.99. The molecule has 2 aromatic carbocycles. The van der Waals surface area contributed by atoms with Crippen LogP contribution in [0.1, 0.15) is 15.9 Å². The minimum absolute atomic E-state index is 0.0200. The monoisotopic (exact) mass is 390 g/mol. The molecule has 1 aromatic heterocycles. The number of thioether (sulfide) groups is 1. The van der Waals surface area contributed by atoms with Crippen molar-refractivity contribution in [2.45, 2.75) is 24.8 Å². The Morgan fingerprint density at radius 1 is 1.07 bits per heavy atom. The molecule has 0 saturated carbocycles. The van der Waals surface area contributed by atoms with Crippen molar-refractivity contribution >= 4 is 17.5 Å². The summed E-state index contributed by atoms with van der Waals surface area (Å²) in [6.07, 6.45) is -2.97. The number of benzene rings is 2. The molecular weight excluding hydrogens is 373 g/mol. The van der Waals surface area contributed by atoms with Crippen LogP contribution in [-0.4, -0.2) is 27.3 Å². The number of carbonyl (C=O) groups is 1. The van der Waals surface area contributed by atoms with Crippen LogP contribution in [0.25, 0.3) is 11.3 Å². The van der Waals surface area contributed by atoms with E-state index in [1.807, 2.05) is 19.1 Å². The largest absolute Gasteiger partial charge is 0.406 e. The number of nitrogens with zero attached hydrogens (tertiary/aromatic N) is 2. The van der Waals surface area contributed by atoms with Crippen LogP contribution in [-0.2, 0) is 6.54 Å². The summed E-state index contributed by atoms with van der Waals surface area (Å²) >= 11 is 1.01. The molecule has 0 amide bonds. The third kappa shape index (κ3) is 5.01. The van der Waals surface area contributed by atoms with Gasteiger partial charge in [-0.25, -0.2) is 4.98 Å². The number of alkyl halides is 3. The number of ketones is 1. The van der Waals surface area contributed by atoms with Gasteiger partial charge in [-0.15, -0.1) is 0 Å². The number of hydrogen-bond donors (Lipinski definition) is 0. The van der Waals surface area contributed by atoms with Crippen molar-refractivity contribution in [1.82, 2.24) is 9.55 Å². The molecule has 0 spiro atoms. The summed E-state index contributed by atoms with van der Waals surface area (Å²) in [6.45, 7) is 0.764. The van der Waals surface area contributed by atoms with E-state index >= 15 is 0 Å². The van der Waals surface area contributed by atoms with Gasteiger partial charge in [0, 0.05) is 5.56 Å². The fourth-order valence-corrected chi connectivity index (χ4v) is 3.47. The Morgan fingerprint density at radius 3 is 2.37 bits per heavy atom. The molecule has 0 aliphatic rings. The van der Waals surface area contributed by atoms with E-state index in [9.17, 15) is 18.0 Å². The zero-order chi connectivity index (χ0) is 19.4. The molecule has 0 radical (unpaired) electrons. The van der Waals surface area contributed by atoms with Gasteiger partial charge < -0.3 is 4.57 Å². The number of rotatable bonds is 6. The average molecular weight is 390 g/mol. The van der Waals surface area contributed by atoms with Gasteiger partial charge in [0.1, 0.15) is 6.54 Å². The molecule has 0 saturated heterocycles. The highest BCUT2D eigenvalue weighted by atomic mass is 32.2. The average Bonchev–Trinajstić information content (AvgIpc) is 3.02. The first-order valence-electron chi connectivity index (χ1n) is 8.24. The molecule has 140 valence electrons. The van der Waals surface area contributed by atoms with Crippen molar-refractivity contribution in [1.29, 1.82) is 0 Å². The molecule has 0 bridgehead atoms. The summed E-state index contributed by atoms with van der Waals surface area (Å²) in [4.78, 5) is 16.5. The van der Waals surface area contributed by atoms with Gasteiger partial charge >= 0.3 is 6.18 Å². The summed E-state index contributed by atoms with van der Waals surface area (Å²) in [7, 11) is 0. The second-order valence-corrected chi connectivity index (χ2v) is 7.01. The van der Waals surface area contributed by atoms with Crippen molar-refractivity contribution < 1.29 is 18.0 Å². The maximum absolute atomic E-state index is 13.1. The van der Waals surface area contributed by atoms with Gasteiger partial charge in [0.05, 0.1) is 17.6 Å². The Kier molecular flexibility index (Phi) is 5.70. The minimum atomic E-state index is -4.39. The molecule has 0 unspecified atom stereocenters. The van der Waals surface area contributed by atoms with Gasteiger partial charge in [-0.2, -0.15) is 13.2 Å². The summed E-state index contributed by atoms with van der Waals surface area (Å²) < 4.78 is 40.3. The van der Waals surface area contributed by atoms with Crippen LogP contribution < -0.4 is 0 Å². The maximum atomic E-state index is 13.1. The van der Waals surface area contributed by atoms with Crippen LogP contribution in [0.15, 0.2) is 66.0 Å². The predicted molar refractivity (Wildman–Crippen MR) is 100.0 cm³/mol. The van der Waals surface area contributed by atoms with E-state index in [4.69, 9.17) is 0 Å². The van der Waals surface area contributed by atoms with Crippen molar-refractivity contribution in [3.8, 4) is 11.3 Å². The van der Waals surface area contributed by atoms with E-state index in [1.165, 1.54) is 6.20 Å². The number of halogens is 3. The molecule has 7 heteroatoms. The van der Waals surface area contributed by atoms with Crippen molar-refractivity contribution in [3.63, 3.8) is 0 Å². The number of Topliss-reactive ketones (excluding diaryl/α,β-unsaturated/α-hetero) is 1. The van der Waals surface area contributed by atoms with E-state index in [2.05, 4.69) is 4.98 Å². The third-order valence-electron chi connectivity index (χ3n) is 3.93. The number of hydrogen-bond acceptors (Lipinski definition) is 3. The number of aryl methyl sites for hydroxylation is 1. The van der Waals surface area contributed by atoms with Gasteiger partial charge in [-0.3, -0.25) is 4.79 Å². The molecule has 1 heterocycles. The fraction of sp³-hybridized carbons (Fsp3) is 0.200. The predicted octanol–water partition coefficient (Wildman–Crippen LogP) is 5.40. The summed E-state index contributed by atoms with van der Waals surface area (Å²) in [6, 6.07) is 15.9. The highest BCUT2D eigenvalue weighted by Crippen LogP contribution is 2.30. The molecule has 3 nitrogen and oxygen atoms in total. The standard InChI is InChI=1S/C20H17F3N2OS/c1-14-7-9-16(10-8-14)18(26)12-27-19-24-11-17(15-5-3-2-4-6-15)25(19)13-20(21,22)23/h2-11H,12-13H2,1H3. The van der Waals surface area contributed by atoms with Crippen molar-refractivity contribution in [2.75, 3.05) is 5.75 Å². The molecule has 0 N–H and O–H groups in total. The zero-order valence-electron chi connectivity index (χ0n) is 14.5. The summed E-state index contributed by atoms with van der Waals surface area (Å²) in [5, 5.41) is 0.173. The van der Waals surface area contributed by atoms with Gasteiger partial charge in [-0.05, 0) is 12.5 Å². The Labute approximate surface area is 159 Å². The van der Waals surface area contributed by atoms with Crippen LogP contribution in [0.2, 0.25) is 0 Å². The normalized spacial score (nSPS) is 11.6. The van der Waals surface area contributed by atoms with Crippen LogP contribution in [0, 0.1) is 6.92 Å².